The molecule has 3 heterocycles. The summed E-state index contributed by atoms with van der Waals surface area (Å²) in [5.74, 6) is -1.41. The molecule has 594 valence electrons. The zero-order valence-electron chi connectivity index (χ0n) is 62.5. The van der Waals surface area contributed by atoms with Crippen molar-refractivity contribution in [1.82, 2.24) is 26.6 Å². The van der Waals surface area contributed by atoms with E-state index in [-0.39, 0.29) is 114 Å². The van der Waals surface area contributed by atoms with Crippen LogP contribution in [0.5, 0.6) is 0 Å². The Morgan fingerprint density at radius 1 is 0.376 bits per heavy atom. The Labute approximate surface area is 604 Å². The molecule has 3 fully saturated rings. The summed E-state index contributed by atoms with van der Waals surface area (Å²) in [7, 11) is 0. The van der Waals surface area contributed by atoms with Crippen LogP contribution >= 0.6 is 0 Å². The number of carbonyl (C=O) groups is 4. The minimum atomic E-state index is -1.34. The van der Waals surface area contributed by atoms with Gasteiger partial charge in [-0.1, -0.05) is 182 Å². The van der Waals surface area contributed by atoms with Crippen molar-refractivity contribution >= 4 is 23.6 Å². The SMILES string of the molecule is CC(=O)NC1[C@H](OCCCCCCCCCCCCNC(=O)CCOCC(COCCC(=O)NCCCCCCCCCCCCO[C@@H]2OC(CO)[C@H](O)[C@H](O)C2C)(COCCC(=O)NCCCCCCCCCCCCO[C@@H]2OC(CO)[C@H](O)[C@H](O)C2C)NC(C)C)OC(CO)[C@H](O)[C@@H]1O. The molecule has 0 radical (unpaired) electrons. The van der Waals surface area contributed by atoms with Crippen LogP contribution in [0.2, 0.25) is 0 Å². The molecule has 0 aromatic rings. The maximum absolute atomic E-state index is 12.9. The molecule has 0 saturated carbocycles. The number of carbonyl (C=O) groups excluding carboxylic acids is 4. The van der Waals surface area contributed by atoms with Crippen LogP contribution in [0.1, 0.15) is 247 Å². The van der Waals surface area contributed by atoms with Crippen molar-refractivity contribution in [3.63, 3.8) is 0 Å². The molecule has 0 aromatic heterocycles. The Hall–Kier alpha value is -2.88. The fourth-order valence-corrected chi connectivity index (χ4v) is 13.1. The molecule has 0 aliphatic carbocycles. The minimum Gasteiger partial charge on any atom is -0.394 e. The Kier molecular flexibility index (Phi) is 52.4. The topological polar surface area (TPSA) is 394 Å². The second-order valence-corrected chi connectivity index (χ2v) is 28.8. The van der Waals surface area contributed by atoms with E-state index in [0.717, 1.165) is 167 Å². The number of nitrogens with one attached hydrogen (secondary N) is 5. The lowest BCUT2D eigenvalue weighted by atomic mass is 9.92. The lowest BCUT2D eigenvalue weighted by Gasteiger charge is -2.42. The summed E-state index contributed by atoms with van der Waals surface area (Å²) >= 11 is 0. The quantitative estimate of drug-likeness (QED) is 0.0351. The predicted octanol–water partition coefficient (Wildman–Crippen LogP) is 5.14. The Balaban J connectivity index is 1.29. The van der Waals surface area contributed by atoms with Gasteiger partial charge in [-0.2, -0.15) is 0 Å². The second kappa shape index (κ2) is 57.3. The van der Waals surface area contributed by atoms with E-state index in [1.54, 1.807) is 13.8 Å². The molecule has 15 atom stereocenters. The molecule has 0 bridgehead atoms. The van der Waals surface area contributed by atoms with E-state index in [4.69, 9.17) is 42.6 Å². The van der Waals surface area contributed by atoms with Gasteiger partial charge in [0.1, 0.15) is 48.8 Å². The third-order valence-corrected chi connectivity index (χ3v) is 19.3. The maximum Gasteiger partial charge on any atom is 0.222 e. The first kappa shape index (κ1) is 92.3. The Morgan fingerprint density at radius 3 is 0.931 bits per heavy atom. The summed E-state index contributed by atoms with van der Waals surface area (Å²) < 4.78 is 52.9. The minimum absolute atomic E-state index is 0.00645. The van der Waals surface area contributed by atoms with E-state index >= 15 is 0 Å². The summed E-state index contributed by atoms with van der Waals surface area (Å²) in [6, 6.07) is -0.934. The molecule has 101 heavy (non-hydrogen) atoms. The van der Waals surface area contributed by atoms with E-state index in [1.165, 1.54) is 32.6 Å². The molecule has 3 aliphatic heterocycles. The van der Waals surface area contributed by atoms with Gasteiger partial charge in [0.15, 0.2) is 18.9 Å². The van der Waals surface area contributed by atoms with Gasteiger partial charge in [0.25, 0.3) is 0 Å². The van der Waals surface area contributed by atoms with Gasteiger partial charge in [0.2, 0.25) is 23.6 Å². The summed E-state index contributed by atoms with van der Waals surface area (Å²) in [5.41, 5.74) is -0.826. The van der Waals surface area contributed by atoms with Crippen LogP contribution in [0, 0.1) is 11.8 Å². The van der Waals surface area contributed by atoms with Crippen molar-refractivity contribution in [1.29, 1.82) is 0 Å². The zero-order valence-corrected chi connectivity index (χ0v) is 62.5. The summed E-state index contributed by atoms with van der Waals surface area (Å²) in [6.45, 7) is 11.9. The number of unbranched alkanes of at least 4 members (excludes halogenated alkanes) is 27. The molecule has 0 aromatic carbocycles. The molecule has 14 N–H and O–H groups in total. The number of hydrogen-bond donors (Lipinski definition) is 14. The largest absolute Gasteiger partial charge is 0.394 e. The smallest absolute Gasteiger partial charge is 0.222 e. The van der Waals surface area contributed by atoms with Crippen LogP contribution in [0.15, 0.2) is 0 Å². The Bertz CT molecular complexity index is 1990. The summed E-state index contributed by atoms with van der Waals surface area (Å²) in [5, 5.41) is 105. The lowest BCUT2D eigenvalue weighted by molar-refractivity contribution is -0.282. The second-order valence-electron chi connectivity index (χ2n) is 28.8. The summed E-state index contributed by atoms with van der Waals surface area (Å²) in [4.78, 5) is 50.3. The predicted molar refractivity (Wildman–Crippen MR) is 382 cm³/mol. The van der Waals surface area contributed by atoms with Gasteiger partial charge in [-0.05, 0) is 38.5 Å². The summed E-state index contributed by atoms with van der Waals surface area (Å²) in [6.07, 6.45) is 20.3. The van der Waals surface area contributed by atoms with Gasteiger partial charge < -0.3 is 115 Å². The van der Waals surface area contributed by atoms with E-state index in [1.807, 2.05) is 13.8 Å². The van der Waals surface area contributed by atoms with E-state index in [0.29, 0.717) is 39.5 Å². The van der Waals surface area contributed by atoms with Crippen molar-refractivity contribution < 1.29 is 108 Å². The van der Waals surface area contributed by atoms with Gasteiger partial charge in [-0.15, -0.1) is 0 Å². The molecule has 3 aliphatic rings. The number of amides is 4. The first-order valence-electron chi connectivity index (χ1n) is 39.1. The number of hydrogen-bond acceptors (Lipinski definition) is 23. The van der Waals surface area contributed by atoms with Gasteiger partial charge >= 0.3 is 0 Å². The van der Waals surface area contributed by atoms with E-state index in [2.05, 4.69) is 26.6 Å². The van der Waals surface area contributed by atoms with Crippen LogP contribution in [0.4, 0.5) is 0 Å². The van der Waals surface area contributed by atoms with Crippen molar-refractivity contribution in [3.8, 4) is 0 Å². The molecule has 0 spiro atoms. The molecule has 3 saturated heterocycles. The van der Waals surface area contributed by atoms with Crippen LogP contribution in [-0.4, -0.2) is 260 Å². The third kappa shape index (κ3) is 40.6. The van der Waals surface area contributed by atoms with E-state index < -0.39 is 92.0 Å². The highest BCUT2D eigenvalue weighted by atomic mass is 16.7. The van der Waals surface area contributed by atoms with Gasteiger partial charge in [-0.3, -0.25) is 19.2 Å². The molecular weight excluding hydrogens is 1310 g/mol. The number of ether oxygens (including phenoxy) is 9. The third-order valence-electron chi connectivity index (χ3n) is 19.3. The lowest BCUT2D eigenvalue weighted by Crippen LogP contribution is -2.64. The van der Waals surface area contributed by atoms with Crippen LogP contribution < -0.4 is 26.6 Å². The molecular formula is C74H141N5O22. The van der Waals surface area contributed by atoms with Crippen molar-refractivity contribution in [2.24, 2.45) is 11.8 Å². The average molecular weight is 1450 g/mol. The molecule has 6 unspecified atom stereocenters. The standard InChI is InChI=1S/C74H141N5O22/c1-54(2)79-74(51-93-45-36-61(84)75-39-30-24-18-12-6-9-15-21-27-33-42-96-71-55(3)65(87)67(89)58(48-80)99-71,52-94-46-37-62(85)76-40-31-25-19-13-7-10-16-22-28-34-43-97-72-56(4)66(88)68(90)59(49-81)100-72)53-95-47-38-63(86)77-41-32-26-20-14-8-11-17-23-29-35-44-98-73-64(78-57(5)83)70(92)69(91)60(50-82)101-73/h54-56,58-60,64-73,79-82,87-92H,6-53H2,1-5H3,(H,75,84)(H,76,85)(H,77,86)(H,78,83)/t55?,56?,58?,59?,60?,64?,65-,66-,67+,68+,69+,70-,71-,72-,73-,74?/m1/s1. The van der Waals surface area contributed by atoms with Crippen molar-refractivity contribution in [3.05, 3.63) is 0 Å². The average Bonchev–Trinajstić information content (AvgIpc) is 0.852. The molecule has 3 rings (SSSR count). The zero-order chi connectivity index (χ0) is 73.9. The van der Waals surface area contributed by atoms with Crippen molar-refractivity contribution in [2.45, 2.75) is 338 Å². The fourth-order valence-electron chi connectivity index (χ4n) is 13.1. The van der Waals surface area contributed by atoms with Crippen molar-refractivity contribution in [2.75, 3.05) is 98.9 Å². The van der Waals surface area contributed by atoms with Gasteiger partial charge in [0, 0.05) is 83.5 Å². The fraction of sp³-hybridized carbons (Fsp3) is 0.946. The molecule has 27 heteroatoms. The highest BCUT2D eigenvalue weighted by molar-refractivity contribution is 5.76. The van der Waals surface area contributed by atoms with E-state index in [9.17, 15) is 65.1 Å². The highest BCUT2D eigenvalue weighted by Gasteiger charge is 2.46. The monoisotopic (exact) mass is 1450 g/mol. The maximum atomic E-state index is 12.9. The molecule has 27 nitrogen and oxygen atoms in total. The first-order valence-corrected chi connectivity index (χ1v) is 39.1. The van der Waals surface area contributed by atoms with Crippen LogP contribution in [0.25, 0.3) is 0 Å². The first-order chi connectivity index (χ1) is 48.8. The Morgan fingerprint density at radius 2 is 0.644 bits per heavy atom. The van der Waals surface area contributed by atoms with Crippen LogP contribution in [-0.2, 0) is 61.8 Å². The number of aliphatic hydroxyl groups excluding tert-OH is 9. The number of aliphatic hydroxyl groups is 9. The molecule has 4 amide bonds. The normalized spacial score (nSPS) is 26.0. The van der Waals surface area contributed by atoms with Gasteiger partial charge in [0.05, 0.1) is 77.2 Å². The van der Waals surface area contributed by atoms with Crippen LogP contribution in [0.3, 0.4) is 0 Å². The highest BCUT2D eigenvalue weighted by Crippen LogP contribution is 2.29. The van der Waals surface area contributed by atoms with Gasteiger partial charge in [-0.25, -0.2) is 0 Å². The number of rotatable bonds is 63.